The molecule has 0 aliphatic rings. The van der Waals surface area contributed by atoms with Crippen LogP contribution in [0.3, 0.4) is 0 Å². The summed E-state index contributed by atoms with van der Waals surface area (Å²) in [6.45, 7) is 8.51. The van der Waals surface area contributed by atoms with Crippen LogP contribution < -0.4 is 0 Å². The van der Waals surface area contributed by atoms with Gasteiger partial charge in [0.1, 0.15) is 0 Å². The molecule has 0 bridgehead atoms. The van der Waals surface area contributed by atoms with E-state index in [9.17, 15) is 19.2 Å². The first-order valence-electron chi connectivity index (χ1n) is 28.0. The van der Waals surface area contributed by atoms with Crippen molar-refractivity contribution in [3.63, 3.8) is 0 Å². The maximum Gasteiger partial charge on any atom is 0.351 e. The molecule has 0 aliphatic heterocycles. The summed E-state index contributed by atoms with van der Waals surface area (Å²) in [4.78, 5) is 52.6. The van der Waals surface area contributed by atoms with Crippen LogP contribution in [-0.4, -0.2) is 49.3 Å². The van der Waals surface area contributed by atoms with Crippen LogP contribution >= 0.6 is 0 Å². The normalized spacial score (nSPS) is 11.5. The second kappa shape index (κ2) is 48.8. The molecule has 0 rings (SSSR count). The number of carbonyl (C=O) groups is 4. The standard InChI is InChI=1S/C56H106O8/c1-5-8-11-14-17-20-23-26-29-32-35-38-41-44-47-61-53(58)50-56(64-52(4)57,55(60)63-49-46-43-40-37-34-31-28-25-22-19-16-13-10-7-3)51-54(59)62-48-45-42-39-36-33-30-27-24-21-18-15-12-9-6-2/h5-51H2,1-4H3. The molecule has 0 amide bonds. The Labute approximate surface area is 396 Å². The quantitative estimate of drug-likeness (QED) is 0.0338. The highest BCUT2D eigenvalue weighted by atomic mass is 16.6. The van der Waals surface area contributed by atoms with E-state index < -0.39 is 42.3 Å². The van der Waals surface area contributed by atoms with Crippen LogP contribution in [0.15, 0.2) is 0 Å². The van der Waals surface area contributed by atoms with Gasteiger partial charge in [0, 0.05) is 6.92 Å². The van der Waals surface area contributed by atoms with Crippen LogP contribution in [0.5, 0.6) is 0 Å². The molecule has 0 N–H and O–H groups in total. The zero-order valence-corrected chi connectivity index (χ0v) is 43.0. The lowest BCUT2D eigenvalue weighted by Crippen LogP contribution is -2.48. The maximum absolute atomic E-state index is 13.7. The van der Waals surface area contributed by atoms with Gasteiger partial charge in [0.15, 0.2) is 0 Å². The van der Waals surface area contributed by atoms with Gasteiger partial charge in [0.05, 0.1) is 32.7 Å². The Balaban J connectivity index is 4.80. The molecule has 0 aliphatic carbocycles. The first kappa shape index (κ1) is 61.9. The molecule has 8 heteroatoms. The van der Waals surface area contributed by atoms with Crippen LogP contribution in [0.1, 0.15) is 310 Å². The van der Waals surface area contributed by atoms with Crippen molar-refractivity contribution in [2.75, 3.05) is 19.8 Å². The van der Waals surface area contributed by atoms with Crippen molar-refractivity contribution >= 4 is 23.9 Å². The van der Waals surface area contributed by atoms with E-state index in [2.05, 4.69) is 20.8 Å². The predicted octanol–water partition coefficient (Wildman–Crippen LogP) is 17.1. The first-order valence-corrected chi connectivity index (χ1v) is 28.0. The second-order valence-corrected chi connectivity index (χ2v) is 19.3. The van der Waals surface area contributed by atoms with E-state index in [4.69, 9.17) is 18.9 Å². The van der Waals surface area contributed by atoms with Crippen LogP contribution in [0, 0.1) is 0 Å². The van der Waals surface area contributed by atoms with Gasteiger partial charge in [-0.05, 0) is 19.3 Å². The summed E-state index contributed by atoms with van der Waals surface area (Å²) in [6.07, 6.45) is 50.2. The van der Waals surface area contributed by atoms with Gasteiger partial charge in [-0.3, -0.25) is 14.4 Å². The van der Waals surface area contributed by atoms with E-state index >= 15 is 0 Å². The van der Waals surface area contributed by atoms with Crippen molar-refractivity contribution in [1.29, 1.82) is 0 Å². The fraction of sp³-hybridized carbons (Fsp3) is 0.929. The van der Waals surface area contributed by atoms with Crippen molar-refractivity contribution in [3.8, 4) is 0 Å². The van der Waals surface area contributed by atoms with E-state index in [1.807, 2.05) is 0 Å². The highest BCUT2D eigenvalue weighted by molar-refractivity contribution is 5.92. The molecule has 0 atom stereocenters. The average molecular weight is 907 g/mol. The molecule has 0 unspecified atom stereocenters. The number of ether oxygens (including phenoxy) is 4. The van der Waals surface area contributed by atoms with Crippen molar-refractivity contribution in [3.05, 3.63) is 0 Å². The fourth-order valence-corrected chi connectivity index (χ4v) is 8.72. The molecule has 0 radical (unpaired) electrons. The van der Waals surface area contributed by atoms with Gasteiger partial charge < -0.3 is 18.9 Å². The van der Waals surface area contributed by atoms with Gasteiger partial charge in [-0.25, -0.2) is 4.79 Å². The van der Waals surface area contributed by atoms with Crippen molar-refractivity contribution in [2.45, 2.75) is 316 Å². The lowest BCUT2D eigenvalue weighted by atomic mass is 9.95. The van der Waals surface area contributed by atoms with Gasteiger partial charge in [0.25, 0.3) is 0 Å². The van der Waals surface area contributed by atoms with Crippen LogP contribution in [0.4, 0.5) is 0 Å². The smallest absolute Gasteiger partial charge is 0.351 e. The highest BCUT2D eigenvalue weighted by Gasteiger charge is 2.48. The summed E-state index contributed by atoms with van der Waals surface area (Å²) >= 11 is 0. The van der Waals surface area contributed by atoms with Crippen molar-refractivity contribution < 1.29 is 38.1 Å². The van der Waals surface area contributed by atoms with Gasteiger partial charge >= 0.3 is 23.9 Å². The summed E-state index contributed by atoms with van der Waals surface area (Å²) in [7, 11) is 0. The lowest BCUT2D eigenvalue weighted by molar-refractivity contribution is -0.190. The van der Waals surface area contributed by atoms with Crippen LogP contribution in [0.2, 0.25) is 0 Å². The summed E-state index contributed by atoms with van der Waals surface area (Å²) < 4.78 is 22.3. The van der Waals surface area contributed by atoms with Crippen molar-refractivity contribution in [1.82, 2.24) is 0 Å². The van der Waals surface area contributed by atoms with Crippen LogP contribution in [-0.2, 0) is 38.1 Å². The monoisotopic (exact) mass is 907 g/mol. The molecule has 64 heavy (non-hydrogen) atoms. The Morgan fingerprint density at radius 3 is 0.719 bits per heavy atom. The summed E-state index contributed by atoms with van der Waals surface area (Å²) in [5.74, 6) is -3.04. The number of rotatable bonds is 51. The molecule has 0 spiro atoms. The van der Waals surface area contributed by atoms with Gasteiger partial charge in [-0.15, -0.1) is 0 Å². The molecule has 0 saturated heterocycles. The Morgan fingerprint density at radius 1 is 0.297 bits per heavy atom. The molecule has 0 aromatic carbocycles. The van der Waals surface area contributed by atoms with Gasteiger partial charge in [0.2, 0.25) is 5.60 Å². The van der Waals surface area contributed by atoms with E-state index in [0.717, 1.165) is 57.8 Å². The van der Waals surface area contributed by atoms with Crippen LogP contribution in [0.25, 0.3) is 0 Å². The molecular weight excluding hydrogens is 801 g/mol. The average Bonchev–Trinajstić information content (AvgIpc) is 3.27. The summed E-state index contributed by atoms with van der Waals surface area (Å²) in [5.41, 5.74) is -2.12. The molecule has 378 valence electrons. The molecular formula is C56H106O8. The molecule has 0 aromatic heterocycles. The maximum atomic E-state index is 13.7. The second-order valence-electron chi connectivity index (χ2n) is 19.3. The summed E-state index contributed by atoms with van der Waals surface area (Å²) in [5, 5.41) is 0. The Kier molecular flexibility index (Phi) is 47.2. The first-order chi connectivity index (χ1) is 31.3. The van der Waals surface area contributed by atoms with E-state index in [1.165, 1.54) is 212 Å². The Morgan fingerprint density at radius 2 is 0.500 bits per heavy atom. The van der Waals surface area contributed by atoms with E-state index in [0.29, 0.717) is 6.42 Å². The fourth-order valence-electron chi connectivity index (χ4n) is 8.72. The SMILES string of the molecule is CCCCCCCCCCCCCCCCOC(=O)CC(CC(=O)OCCCCCCCCCCCCCCCC)(OC(C)=O)C(=O)OCCCCCCCCCCCCCCCC. The zero-order valence-electron chi connectivity index (χ0n) is 43.0. The zero-order chi connectivity index (χ0) is 46.9. The molecule has 0 saturated carbocycles. The number of esters is 4. The third-order valence-electron chi connectivity index (χ3n) is 12.8. The Hall–Kier alpha value is -2.12. The molecule has 0 heterocycles. The Bertz CT molecular complexity index is 996. The largest absolute Gasteiger partial charge is 0.466 e. The molecule has 8 nitrogen and oxygen atoms in total. The van der Waals surface area contributed by atoms with E-state index in [-0.39, 0.29) is 19.8 Å². The number of carbonyl (C=O) groups excluding carboxylic acids is 4. The third kappa shape index (κ3) is 42.5. The topological polar surface area (TPSA) is 105 Å². The minimum absolute atomic E-state index is 0.127. The highest BCUT2D eigenvalue weighted by Crippen LogP contribution is 2.26. The number of unbranched alkanes of at least 4 members (excludes halogenated alkanes) is 39. The van der Waals surface area contributed by atoms with E-state index in [1.54, 1.807) is 0 Å². The van der Waals surface area contributed by atoms with Crippen molar-refractivity contribution in [2.24, 2.45) is 0 Å². The lowest BCUT2D eigenvalue weighted by Gasteiger charge is -2.29. The molecule has 0 aromatic rings. The molecule has 0 fully saturated rings. The predicted molar refractivity (Wildman–Crippen MR) is 268 cm³/mol. The number of hydrogen-bond acceptors (Lipinski definition) is 8. The minimum Gasteiger partial charge on any atom is -0.466 e. The minimum atomic E-state index is -2.12. The van der Waals surface area contributed by atoms with Gasteiger partial charge in [-0.1, -0.05) is 271 Å². The van der Waals surface area contributed by atoms with Gasteiger partial charge in [-0.2, -0.15) is 0 Å². The third-order valence-corrected chi connectivity index (χ3v) is 12.8. The summed E-state index contributed by atoms with van der Waals surface area (Å²) in [6, 6.07) is 0. The number of hydrogen-bond donors (Lipinski definition) is 0.